The van der Waals surface area contributed by atoms with E-state index in [0.717, 1.165) is 0 Å². The van der Waals surface area contributed by atoms with Gasteiger partial charge in [0.25, 0.3) is 0 Å². The molecule has 11 heteroatoms. The van der Waals surface area contributed by atoms with Gasteiger partial charge in [0.05, 0.1) is 11.4 Å². The van der Waals surface area contributed by atoms with E-state index in [1.165, 1.54) is 4.68 Å². The number of nitrogens with zero attached hydrogens (tertiary/aromatic N) is 10. The fourth-order valence-corrected chi connectivity index (χ4v) is 3.18. The van der Waals surface area contributed by atoms with Crippen LogP contribution in [0.5, 0.6) is 0 Å². The van der Waals surface area contributed by atoms with Crippen molar-refractivity contribution in [1.82, 2.24) is 39.6 Å². The lowest BCUT2D eigenvalue weighted by atomic mass is 10.3. The topological polar surface area (TPSA) is 138 Å². The molecule has 31 heavy (non-hydrogen) atoms. The van der Waals surface area contributed by atoms with Crippen molar-refractivity contribution in [2.24, 2.45) is 10.2 Å². The Labute approximate surface area is 175 Å². The van der Waals surface area contributed by atoms with Gasteiger partial charge in [0, 0.05) is 12.4 Å². The molecule has 5 aromatic heterocycles. The summed E-state index contributed by atoms with van der Waals surface area (Å²) in [4.78, 5) is 8.62. The van der Waals surface area contributed by atoms with E-state index in [4.69, 9.17) is 0 Å². The van der Waals surface area contributed by atoms with Gasteiger partial charge in [-0.1, -0.05) is 12.1 Å². The molecular formula is C20H15N11. The average Bonchev–Trinajstić information content (AvgIpc) is 3.44. The van der Waals surface area contributed by atoms with Gasteiger partial charge in [-0.25, -0.2) is 4.98 Å². The van der Waals surface area contributed by atoms with Gasteiger partial charge in [-0.2, -0.15) is 29.8 Å². The number of aromatic nitrogens is 8. The van der Waals surface area contributed by atoms with Crippen LogP contribution in [0.25, 0.3) is 23.0 Å². The van der Waals surface area contributed by atoms with Crippen LogP contribution < -0.4 is 0 Å². The molecule has 0 bridgehead atoms. The number of aromatic amines is 1. The zero-order valence-electron chi connectivity index (χ0n) is 16.6. The molecule has 5 aromatic rings. The van der Waals surface area contributed by atoms with Crippen LogP contribution in [0.2, 0.25) is 0 Å². The van der Waals surface area contributed by atoms with E-state index in [0.29, 0.717) is 51.4 Å². The van der Waals surface area contributed by atoms with Crippen molar-refractivity contribution in [2.45, 2.75) is 13.8 Å². The summed E-state index contributed by atoms with van der Waals surface area (Å²) >= 11 is 0. The highest BCUT2D eigenvalue weighted by Gasteiger charge is 2.19. The summed E-state index contributed by atoms with van der Waals surface area (Å²) in [6.45, 7) is 3.57. The summed E-state index contributed by atoms with van der Waals surface area (Å²) in [6.07, 6.45) is 3.34. The highest BCUT2D eigenvalue weighted by Crippen LogP contribution is 2.31. The molecule has 0 aromatic carbocycles. The van der Waals surface area contributed by atoms with Crippen LogP contribution in [0.3, 0.4) is 0 Å². The van der Waals surface area contributed by atoms with Crippen molar-refractivity contribution < 1.29 is 0 Å². The Balaban J connectivity index is 1.62. The maximum absolute atomic E-state index is 9.61. The molecule has 0 amide bonds. The van der Waals surface area contributed by atoms with Crippen LogP contribution in [0.4, 0.5) is 11.5 Å². The number of hydrogen-bond donors (Lipinski definition) is 1. The van der Waals surface area contributed by atoms with E-state index >= 15 is 0 Å². The van der Waals surface area contributed by atoms with Crippen LogP contribution in [-0.4, -0.2) is 39.6 Å². The summed E-state index contributed by atoms with van der Waals surface area (Å²) in [5, 5.41) is 34.5. The highest BCUT2D eigenvalue weighted by atomic mass is 15.4. The first kappa shape index (κ1) is 18.3. The van der Waals surface area contributed by atoms with Crippen molar-refractivity contribution in [2.75, 3.05) is 0 Å². The lowest BCUT2D eigenvalue weighted by Gasteiger charge is -2.01. The summed E-state index contributed by atoms with van der Waals surface area (Å²) in [7, 11) is 0. The predicted octanol–water partition coefficient (Wildman–Crippen LogP) is 3.60. The van der Waals surface area contributed by atoms with Gasteiger partial charge in [-0.15, -0.1) is 10.2 Å². The van der Waals surface area contributed by atoms with Gasteiger partial charge in [-0.3, -0.25) is 10.1 Å². The molecule has 0 aliphatic carbocycles. The number of rotatable bonds is 4. The Morgan fingerprint density at radius 1 is 0.968 bits per heavy atom. The van der Waals surface area contributed by atoms with E-state index in [1.807, 2.05) is 31.2 Å². The second-order valence-corrected chi connectivity index (χ2v) is 6.65. The lowest BCUT2D eigenvalue weighted by molar-refractivity contribution is 0.826. The van der Waals surface area contributed by atoms with Gasteiger partial charge in [0.2, 0.25) is 5.82 Å². The van der Waals surface area contributed by atoms with E-state index in [9.17, 15) is 5.26 Å². The number of hydrogen-bond acceptors (Lipinski definition) is 8. The van der Waals surface area contributed by atoms with E-state index in [2.05, 4.69) is 46.7 Å². The molecule has 0 atom stereocenters. The molecule has 0 aliphatic rings. The molecule has 1 N–H and O–H groups in total. The number of nitriles is 1. The summed E-state index contributed by atoms with van der Waals surface area (Å²) in [5.74, 6) is 1.39. The number of nitrogens with one attached hydrogen (secondary N) is 1. The van der Waals surface area contributed by atoms with E-state index in [-0.39, 0.29) is 0 Å². The maximum Gasteiger partial charge on any atom is 0.201 e. The minimum atomic E-state index is 0.293. The van der Waals surface area contributed by atoms with E-state index in [1.54, 1.807) is 36.0 Å². The third-order valence-corrected chi connectivity index (χ3v) is 4.65. The SMILES string of the molecule is Cc1nn(-c2ccccn2)c(/N=N/c2c(C)nn3c(-c4ccccn4)n[nH]c23)c1C#N. The molecule has 0 saturated carbocycles. The summed E-state index contributed by atoms with van der Waals surface area (Å²) in [6, 6.07) is 13.1. The first-order chi connectivity index (χ1) is 15.2. The molecule has 0 aliphatic heterocycles. The molecule has 11 nitrogen and oxygen atoms in total. The van der Waals surface area contributed by atoms with Crippen LogP contribution in [-0.2, 0) is 0 Å². The zero-order valence-corrected chi connectivity index (χ0v) is 16.6. The minimum absolute atomic E-state index is 0.293. The number of aryl methyl sites for hydroxylation is 2. The first-order valence-corrected chi connectivity index (χ1v) is 9.35. The maximum atomic E-state index is 9.61. The number of azo groups is 1. The fourth-order valence-electron chi connectivity index (χ4n) is 3.18. The van der Waals surface area contributed by atoms with Crippen molar-refractivity contribution in [3.63, 3.8) is 0 Å². The summed E-state index contributed by atoms with van der Waals surface area (Å²) < 4.78 is 3.14. The second-order valence-electron chi connectivity index (χ2n) is 6.65. The Morgan fingerprint density at radius 2 is 1.77 bits per heavy atom. The second kappa shape index (κ2) is 7.27. The lowest BCUT2D eigenvalue weighted by Crippen LogP contribution is -1.98. The van der Waals surface area contributed by atoms with Gasteiger partial charge >= 0.3 is 0 Å². The summed E-state index contributed by atoms with van der Waals surface area (Å²) in [5.41, 5.74) is 3.27. The third-order valence-electron chi connectivity index (χ3n) is 4.65. The standard InChI is InChI=1S/C20H15N11/c1-12-14(11-21)18(30(28-12)16-8-4-6-10-23-16)25-24-17-13(2)29-31-19(26-27-20(17)31)15-7-3-5-9-22-15/h3-10,27H,1-2H3/b25-24+. The van der Waals surface area contributed by atoms with Gasteiger partial charge < -0.3 is 0 Å². The molecular weight excluding hydrogens is 394 g/mol. The third kappa shape index (κ3) is 3.03. The van der Waals surface area contributed by atoms with Gasteiger partial charge in [0.15, 0.2) is 23.0 Å². The minimum Gasteiger partial charge on any atom is -0.257 e. The molecule has 0 saturated heterocycles. The van der Waals surface area contributed by atoms with Crippen LogP contribution in [0.1, 0.15) is 17.0 Å². The smallest absolute Gasteiger partial charge is 0.201 e. The number of pyridine rings is 2. The number of H-pyrrole nitrogens is 1. The normalized spacial score (nSPS) is 11.4. The molecule has 5 rings (SSSR count). The first-order valence-electron chi connectivity index (χ1n) is 9.35. The van der Waals surface area contributed by atoms with Crippen LogP contribution in [0, 0.1) is 25.2 Å². The highest BCUT2D eigenvalue weighted by molar-refractivity contribution is 5.69. The van der Waals surface area contributed by atoms with Crippen LogP contribution in [0.15, 0.2) is 59.0 Å². The van der Waals surface area contributed by atoms with E-state index < -0.39 is 0 Å². The van der Waals surface area contributed by atoms with Crippen molar-refractivity contribution >= 4 is 17.2 Å². The van der Waals surface area contributed by atoms with Crippen molar-refractivity contribution in [3.05, 3.63) is 65.7 Å². The Kier molecular flexibility index (Phi) is 4.30. The fraction of sp³-hybridized carbons (Fsp3) is 0.100. The molecule has 0 radical (unpaired) electrons. The van der Waals surface area contributed by atoms with Gasteiger partial charge in [-0.05, 0) is 38.1 Å². The Bertz CT molecular complexity index is 1450. The molecule has 0 unspecified atom stereocenters. The molecule has 0 fully saturated rings. The van der Waals surface area contributed by atoms with Crippen molar-refractivity contribution in [1.29, 1.82) is 5.26 Å². The average molecular weight is 409 g/mol. The monoisotopic (exact) mass is 409 g/mol. The predicted molar refractivity (Wildman–Crippen MR) is 110 cm³/mol. The number of fused-ring (bicyclic) bond motifs is 1. The largest absolute Gasteiger partial charge is 0.257 e. The van der Waals surface area contributed by atoms with Crippen LogP contribution >= 0.6 is 0 Å². The Morgan fingerprint density at radius 3 is 2.48 bits per heavy atom. The zero-order chi connectivity index (χ0) is 21.4. The Hall–Kier alpha value is -4.72. The molecule has 0 spiro atoms. The van der Waals surface area contributed by atoms with Crippen molar-refractivity contribution in [3.8, 4) is 23.4 Å². The molecule has 150 valence electrons. The molecule has 5 heterocycles. The quantitative estimate of drug-likeness (QED) is 0.450. The van der Waals surface area contributed by atoms with Gasteiger partial charge in [0.1, 0.15) is 17.3 Å².